The van der Waals surface area contributed by atoms with Gasteiger partial charge in [-0.3, -0.25) is 9.59 Å². The predicted molar refractivity (Wildman–Crippen MR) is 117 cm³/mol. The summed E-state index contributed by atoms with van der Waals surface area (Å²) in [7, 11) is 0. The van der Waals surface area contributed by atoms with Gasteiger partial charge in [0.1, 0.15) is 5.75 Å². The first-order valence-electron chi connectivity index (χ1n) is 10.7. The number of hydrogen-bond acceptors (Lipinski definition) is 6. The van der Waals surface area contributed by atoms with E-state index in [2.05, 4.69) is 17.1 Å². The van der Waals surface area contributed by atoms with E-state index < -0.39 is 0 Å². The number of rotatable bonds is 6. The minimum Gasteiger partial charge on any atom is -0.485 e. The normalized spacial score (nSPS) is 13.8. The SMILES string of the molecule is CCc1ccc(C(=O)N2CCN(C(=O)c3ccc(OCc4noc(C)n4)cc3)CC2)cc1. The van der Waals surface area contributed by atoms with Crippen LogP contribution < -0.4 is 4.74 Å². The number of benzene rings is 2. The molecule has 1 fully saturated rings. The summed E-state index contributed by atoms with van der Waals surface area (Å²) in [5, 5.41) is 3.78. The summed E-state index contributed by atoms with van der Waals surface area (Å²) in [4.78, 5) is 33.3. The van der Waals surface area contributed by atoms with Crippen molar-refractivity contribution in [2.45, 2.75) is 26.9 Å². The zero-order valence-corrected chi connectivity index (χ0v) is 18.3. The van der Waals surface area contributed by atoms with Crippen LogP contribution in [0.25, 0.3) is 0 Å². The Labute approximate surface area is 186 Å². The summed E-state index contributed by atoms with van der Waals surface area (Å²) in [5.41, 5.74) is 2.48. The fourth-order valence-corrected chi connectivity index (χ4v) is 3.60. The molecular formula is C24H26N4O4. The van der Waals surface area contributed by atoms with Gasteiger partial charge in [-0.05, 0) is 48.4 Å². The molecule has 32 heavy (non-hydrogen) atoms. The van der Waals surface area contributed by atoms with E-state index in [1.165, 1.54) is 5.56 Å². The lowest BCUT2D eigenvalue weighted by molar-refractivity contribution is 0.0535. The largest absolute Gasteiger partial charge is 0.485 e. The quantitative estimate of drug-likeness (QED) is 0.592. The molecule has 4 rings (SSSR count). The van der Waals surface area contributed by atoms with E-state index in [1.54, 1.807) is 41.0 Å². The number of aryl methyl sites for hydroxylation is 2. The molecule has 2 aromatic carbocycles. The van der Waals surface area contributed by atoms with Gasteiger partial charge < -0.3 is 19.1 Å². The number of aromatic nitrogens is 2. The molecule has 1 aliphatic rings. The predicted octanol–water partition coefficient (Wildman–Crippen LogP) is 3.12. The van der Waals surface area contributed by atoms with Crippen LogP contribution in [-0.4, -0.2) is 57.9 Å². The Morgan fingerprint density at radius 2 is 1.44 bits per heavy atom. The maximum absolute atomic E-state index is 12.9. The van der Waals surface area contributed by atoms with Gasteiger partial charge in [0.2, 0.25) is 11.7 Å². The Bertz CT molecular complexity index is 1070. The molecule has 0 spiro atoms. The molecule has 2 heterocycles. The Hall–Kier alpha value is -3.68. The molecule has 8 nitrogen and oxygen atoms in total. The second kappa shape index (κ2) is 9.64. The lowest BCUT2D eigenvalue weighted by Crippen LogP contribution is -2.50. The molecule has 0 bridgehead atoms. The molecule has 1 aliphatic heterocycles. The molecule has 0 unspecified atom stereocenters. The van der Waals surface area contributed by atoms with Crippen molar-refractivity contribution in [1.29, 1.82) is 0 Å². The van der Waals surface area contributed by atoms with Crippen LogP contribution in [-0.2, 0) is 13.0 Å². The molecule has 166 valence electrons. The van der Waals surface area contributed by atoms with Crippen LogP contribution in [0.5, 0.6) is 5.75 Å². The van der Waals surface area contributed by atoms with Crippen LogP contribution in [0.2, 0.25) is 0 Å². The van der Waals surface area contributed by atoms with E-state index in [0.717, 1.165) is 6.42 Å². The first-order chi connectivity index (χ1) is 15.5. The highest BCUT2D eigenvalue weighted by molar-refractivity contribution is 5.96. The molecule has 0 N–H and O–H groups in total. The van der Waals surface area contributed by atoms with Crippen molar-refractivity contribution >= 4 is 11.8 Å². The number of nitrogens with zero attached hydrogens (tertiary/aromatic N) is 4. The molecular weight excluding hydrogens is 408 g/mol. The lowest BCUT2D eigenvalue weighted by Gasteiger charge is -2.35. The second-order valence-corrected chi connectivity index (χ2v) is 7.68. The number of hydrogen-bond donors (Lipinski definition) is 0. The highest BCUT2D eigenvalue weighted by Gasteiger charge is 2.25. The smallest absolute Gasteiger partial charge is 0.253 e. The third-order valence-corrected chi connectivity index (χ3v) is 5.50. The van der Waals surface area contributed by atoms with Crippen molar-refractivity contribution in [3.8, 4) is 5.75 Å². The van der Waals surface area contributed by atoms with Gasteiger partial charge in [-0.2, -0.15) is 4.98 Å². The van der Waals surface area contributed by atoms with Crippen molar-refractivity contribution in [1.82, 2.24) is 19.9 Å². The molecule has 0 aliphatic carbocycles. The molecule has 3 aromatic rings. The highest BCUT2D eigenvalue weighted by atomic mass is 16.5. The van der Waals surface area contributed by atoms with Gasteiger partial charge in [0.15, 0.2) is 6.61 Å². The minimum absolute atomic E-state index is 0.0121. The number of ether oxygens (including phenoxy) is 1. The van der Waals surface area contributed by atoms with Crippen molar-refractivity contribution in [3.05, 3.63) is 76.9 Å². The van der Waals surface area contributed by atoms with Gasteiger partial charge in [0, 0.05) is 44.2 Å². The van der Waals surface area contributed by atoms with Crippen LogP contribution in [0, 0.1) is 6.92 Å². The highest BCUT2D eigenvalue weighted by Crippen LogP contribution is 2.17. The first-order valence-corrected chi connectivity index (χ1v) is 10.7. The third-order valence-electron chi connectivity index (χ3n) is 5.50. The minimum atomic E-state index is -0.0512. The third kappa shape index (κ3) is 4.96. The van der Waals surface area contributed by atoms with E-state index in [1.807, 2.05) is 24.3 Å². The van der Waals surface area contributed by atoms with Crippen LogP contribution in [0.1, 0.15) is 44.9 Å². The van der Waals surface area contributed by atoms with Crippen molar-refractivity contribution in [3.63, 3.8) is 0 Å². The van der Waals surface area contributed by atoms with Gasteiger partial charge >= 0.3 is 0 Å². The summed E-state index contributed by atoms with van der Waals surface area (Å²) < 4.78 is 10.5. The maximum Gasteiger partial charge on any atom is 0.253 e. The monoisotopic (exact) mass is 434 g/mol. The zero-order chi connectivity index (χ0) is 22.5. The molecule has 0 atom stereocenters. The van der Waals surface area contributed by atoms with E-state index in [4.69, 9.17) is 9.26 Å². The topological polar surface area (TPSA) is 88.8 Å². The van der Waals surface area contributed by atoms with Gasteiger partial charge in [-0.25, -0.2) is 0 Å². The number of piperazine rings is 1. The fraction of sp³-hybridized carbons (Fsp3) is 0.333. The Morgan fingerprint density at radius 3 is 1.91 bits per heavy atom. The van der Waals surface area contributed by atoms with Crippen LogP contribution >= 0.6 is 0 Å². The number of amides is 2. The Morgan fingerprint density at radius 1 is 0.906 bits per heavy atom. The number of carbonyl (C=O) groups excluding carboxylic acids is 2. The molecule has 1 saturated heterocycles. The first kappa shape index (κ1) is 21.5. The molecule has 0 radical (unpaired) electrons. The summed E-state index contributed by atoms with van der Waals surface area (Å²) >= 11 is 0. The second-order valence-electron chi connectivity index (χ2n) is 7.68. The standard InChI is InChI=1S/C24H26N4O4/c1-3-18-4-6-19(7-5-18)23(29)27-12-14-28(15-13-27)24(30)20-8-10-21(11-9-20)31-16-22-25-17(2)32-26-22/h4-11H,3,12-16H2,1-2H3. The van der Waals surface area contributed by atoms with Crippen LogP contribution in [0.4, 0.5) is 0 Å². The van der Waals surface area contributed by atoms with Gasteiger partial charge in [0.25, 0.3) is 11.8 Å². The van der Waals surface area contributed by atoms with Crippen LogP contribution in [0.3, 0.4) is 0 Å². The van der Waals surface area contributed by atoms with E-state index in [-0.39, 0.29) is 18.4 Å². The lowest BCUT2D eigenvalue weighted by atomic mass is 10.1. The molecule has 8 heteroatoms. The summed E-state index contributed by atoms with van der Waals surface area (Å²) in [6.07, 6.45) is 0.945. The fourth-order valence-electron chi connectivity index (χ4n) is 3.60. The Balaban J connectivity index is 1.29. The van der Waals surface area contributed by atoms with E-state index in [0.29, 0.717) is 54.8 Å². The van der Waals surface area contributed by atoms with E-state index in [9.17, 15) is 9.59 Å². The van der Waals surface area contributed by atoms with Gasteiger partial charge in [-0.1, -0.05) is 24.2 Å². The maximum atomic E-state index is 12.9. The summed E-state index contributed by atoms with van der Waals surface area (Å²) in [6.45, 7) is 6.06. The van der Waals surface area contributed by atoms with Gasteiger partial charge in [0.05, 0.1) is 0 Å². The summed E-state index contributed by atoms with van der Waals surface area (Å²) in [5.74, 6) is 1.54. The van der Waals surface area contributed by atoms with E-state index >= 15 is 0 Å². The van der Waals surface area contributed by atoms with Gasteiger partial charge in [-0.15, -0.1) is 0 Å². The zero-order valence-electron chi connectivity index (χ0n) is 18.3. The Kier molecular flexibility index (Phi) is 6.49. The molecule has 0 saturated carbocycles. The average Bonchev–Trinajstić information content (AvgIpc) is 3.27. The summed E-state index contributed by atoms with van der Waals surface area (Å²) in [6, 6.07) is 14.7. The average molecular weight is 434 g/mol. The molecule has 1 aromatic heterocycles. The number of carbonyl (C=O) groups is 2. The molecule has 2 amide bonds. The van der Waals surface area contributed by atoms with Crippen LogP contribution in [0.15, 0.2) is 53.1 Å². The van der Waals surface area contributed by atoms with Crippen molar-refractivity contribution in [2.75, 3.05) is 26.2 Å². The van der Waals surface area contributed by atoms with Crippen molar-refractivity contribution < 1.29 is 18.8 Å². The van der Waals surface area contributed by atoms with Crippen molar-refractivity contribution in [2.24, 2.45) is 0 Å².